The molecule has 1 saturated carbocycles. The van der Waals surface area contributed by atoms with Gasteiger partial charge in [-0.1, -0.05) is 13.8 Å². The van der Waals surface area contributed by atoms with E-state index in [0.717, 1.165) is 13.0 Å². The molecule has 92 valence electrons. The lowest BCUT2D eigenvalue weighted by molar-refractivity contribution is -0.133. The van der Waals surface area contributed by atoms with Crippen molar-refractivity contribution >= 4 is 5.91 Å². The number of amides is 1. The summed E-state index contributed by atoms with van der Waals surface area (Å²) in [6.07, 6.45) is 4.85. The highest BCUT2D eigenvalue weighted by molar-refractivity contribution is 5.88. The van der Waals surface area contributed by atoms with Gasteiger partial charge in [0.2, 0.25) is 5.91 Å². The van der Waals surface area contributed by atoms with Crippen LogP contribution in [0.15, 0.2) is 0 Å². The van der Waals surface area contributed by atoms with Crippen molar-refractivity contribution in [3.63, 3.8) is 0 Å². The van der Waals surface area contributed by atoms with Gasteiger partial charge in [0.15, 0.2) is 0 Å². The molecule has 2 atom stereocenters. The van der Waals surface area contributed by atoms with Crippen LogP contribution in [-0.2, 0) is 4.79 Å². The van der Waals surface area contributed by atoms with Crippen molar-refractivity contribution in [2.75, 3.05) is 6.54 Å². The number of hydrogen-bond acceptors (Lipinski definition) is 2. The summed E-state index contributed by atoms with van der Waals surface area (Å²) >= 11 is 0. The third-order valence-corrected chi connectivity index (χ3v) is 4.65. The van der Waals surface area contributed by atoms with Crippen molar-refractivity contribution < 1.29 is 4.79 Å². The molecule has 1 saturated heterocycles. The zero-order chi connectivity index (χ0) is 12.0. The molecule has 1 aliphatic heterocycles. The van der Waals surface area contributed by atoms with E-state index in [1.807, 2.05) is 6.92 Å². The number of carbonyl (C=O) groups excluding carboxylic acids is 1. The number of nitrogens with one attached hydrogen (secondary N) is 1. The molecule has 0 bridgehead atoms. The van der Waals surface area contributed by atoms with Crippen LogP contribution in [0.3, 0.4) is 0 Å². The Bertz CT molecular complexity index is 298. The molecule has 0 radical (unpaired) electrons. The minimum Gasteiger partial charge on any atom is -0.325 e. The van der Waals surface area contributed by atoms with Gasteiger partial charge >= 0.3 is 0 Å². The monoisotopic (exact) mass is 224 g/mol. The van der Waals surface area contributed by atoms with Gasteiger partial charge in [0.05, 0.1) is 11.7 Å². The summed E-state index contributed by atoms with van der Waals surface area (Å²) in [7, 11) is 0. The van der Waals surface area contributed by atoms with Gasteiger partial charge in [-0.25, -0.2) is 0 Å². The van der Waals surface area contributed by atoms with E-state index in [4.69, 9.17) is 0 Å². The maximum atomic E-state index is 12.4. The third kappa shape index (κ3) is 1.75. The summed E-state index contributed by atoms with van der Waals surface area (Å²) in [5, 5.41) is 3.43. The van der Waals surface area contributed by atoms with Crippen LogP contribution in [-0.4, -0.2) is 29.1 Å². The van der Waals surface area contributed by atoms with Crippen molar-refractivity contribution in [3.05, 3.63) is 0 Å². The highest BCUT2D eigenvalue weighted by atomic mass is 16.2. The van der Waals surface area contributed by atoms with Gasteiger partial charge in [0, 0.05) is 6.54 Å². The lowest BCUT2D eigenvalue weighted by Gasteiger charge is -2.26. The van der Waals surface area contributed by atoms with Crippen LogP contribution in [0, 0.1) is 5.41 Å². The standard InChI is InChI=1S/C13H24N2O/c1-5-12(4)11(16)15(10(3)14-12)9-13(6-2)7-8-13/h10,14H,5-9H2,1-4H3. The Morgan fingerprint density at radius 2 is 2.00 bits per heavy atom. The van der Waals surface area contributed by atoms with E-state index in [2.05, 4.69) is 31.0 Å². The number of carbonyl (C=O) groups is 1. The third-order valence-electron chi connectivity index (χ3n) is 4.65. The van der Waals surface area contributed by atoms with Gasteiger partial charge < -0.3 is 4.90 Å². The van der Waals surface area contributed by atoms with Crippen molar-refractivity contribution in [2.45, 2.75) is 65.1 Å². The van der Waals surface area contributed by atoms with Crippen LogP contribution in [0.4, 0.5) is 0 Å². The highest BCUT2D eigenvalue weighted by Crippen LogP contribution is 2.50. The molecule has 2 unspecified atom stereocenters. The molecule has 1 aliphatic carbocycles. The van der Waals surface area contributed by atoms with Crippen LogP contribution in [0.25, 0.3) is 0 Å². The average Bonchev–Trinajstić information content (AvgIpc) is 3.01. The number of rotatable bonds is 4. The van der Waals surface area contributed by atoms with Crippen LogP contribution in [0.1, 0.15) is 53.4 Å². The Balaban J connectivity index is 2.08. The van der Waals surface area contributed by atoms with E-state index in [9.17, 15) is 4.79 Å². The second-order valence-corrected chi connectivity index (χ2v) is 5.79. The molecule has 0 spiro atoms. The first-order valence-corrected chi connectivity index (χ1v) is 6.55. The summed E-state index contributed by atoms with van der Waals surface area (Å²) < 4.78 is 0. The topological polar surface area (TPSA) is 32.3 Å². The molecule has 1 amide bonds. The average molecular weight is 224 g/mol. The minimum atomic E-state index is -0.330. The van der Waals surface area contributed by atoms with Gasteiger partial charge in [0.1, 0.15) is 0 Å². The number of nitrogens with zero attached hydrogens (tertiary/aromatic N) is 1. The van der Waals surface area contributed by atoms with Crippen molar-refractivity contribution in [1.82, 2.24) is 10.2 Å². The van der Waals surface area contributed by atoms with Crippen LogP contribution in [0.5, 0.6) is 0 Å². The second-order valence-electron chi connectivity index (χ2n) is 5.79. The van der Waals surface area contributed by atoms with Gasteiger partial charge in [-0.2, -0.15) is 0 Å². The predicted molar refractivity (Wildman–Crippen MR) is 65.0 cm³/mol. The lowest BCUT2D eigenvalue weighted by atomic mass is 9.98. The fraction of sp³-hybridized carbons (Fsp3) is 0.923. The molecule has 2 aliphatic rings. The summed E-state index contributed by atoms with van der Waals surface area (Å²) in [4.78, 5) is 14.4. The Kier molecular flexibility index (Phi) is 2.77. The Morgan fingerprint density at radius 3 is 2.38 bits per heavy atom. The Labute approximate surface area is 98.6 Å². The summed E-state index contributed by atoms with van der Waals surface area (Å²) in [6, 6.07) is 0. The molecule has 1 heterocycles. The molecule has 2 rings (SSSR count). The first-order valence-electron chi connectivity index (χ1n) is 6.55. The first kappa shape index (κ1) is 11.9. The van der Waals surface area contributed by atoms with Crippen LogP contribution < -0.4 is 5.32 Å². The van der Waals surface area contributed by atoms with Gasteiger partial charge in [-0.05, 0) is 44.9 Å². The Hall–Kier alpha value is -0.570. The molecule has 0 aromatic carbocycles. The maximum absolute atomic E-state index is 12.4. The molecule has 0 aromatic heterocycles. The normalized spacial score (nSPS) is 36.9. The van der Waals surface area contributed by atoms with Crippen molar-refractivity contribution in [2.24, 2.45) is 5.41 Å². The summed E-state index contributed by atoms with van der Waals surface area (Å²) in [5.41, 5.74) is 0.119. The highest BCUT2D eigenvalue weighted by Gasteiger charge is 2.50. The molecule has 2 fully saturated rings. The largest absolute Gasteiger partial charge is 0.325 e. The van der Waals surface area contributed by atoms with Crippen molar-refractivity contribution in [3.8, 4) is 0 Å². The molecular formula is C13H24N2O. The van der Waals surface area contributed by atoms with E-state index in [-0.39, 0.29) is 11.7 Å². The van der Waals surface area contributed by atoms with Gasteiger partial charge in [0.25, 0.3) is 0 Å². The van der Waals surface area contributed by atoms with Crippen LogP contribution in [0.2, 0.25) is 0 Å². The fourth-order valence-corrected chi connectivity index (χ4v) is 2.72. The molecule has 3 heteroatoms. The van der Waals surface area contributed by atoms with E-state index >= 15 is 0 Å². The second kappa shape index (κ2) is 3.73. The zero-order valence-electron chi connectivity index (χ0n) is 11.0. The molecule has 3 nitrogen and oxygen atoms in total. The summed E-state index contributed by atoms with van der Waals surface area (Å²) in [6.45, 7) is 9.40. The smallest absolute Gasteiger partial charge is 0.243 e. The molecule has 16 heavy (non-hydrogen) atoms. The summed E-state index contributed by atoms with van der Waals surface area (Å²) in [5.74, 6) is 0.294. The quantitative estimate of drug-likeness (QED) is 0.793. The lowest BCUT2D eigenvalue weighted by Crippen LogP contribution is -2.43. The predicted octanol–water partition coefficient (Wildman–Crippen LogP) is 2.12. The maximum Gasteiger partial charge on any atom is 0.243 e. The van der Waals surface area contributed by atoms with E-state index in [0.29, 0.717) is 11.3 Å². The number of hydrogen-bond donors (Lipinski definition) is 1. The van der Waals surface area contributed by atoms with Crippen LogP contribution >= 0.6 is 0 Å². The molecule has 1 N–H and O–H groups in total. The first-order chi connectivity index (χ1) is 7.46. The SMILES string of the molecule is CCC1(CN2C(=O)C(C)(CC)NC2C)CC1. The molecule has 0 aromatic rings. The minimum absolute atomic E-state index is 0.196. The van der Waals surface area contributed by atoms with E-state index in [1.54, 1.807) is 0 Å². The fourth-order valence-electron chi connectivity index (χ4n) is 2.72. The van der Waals surface area contributed by atoms with Gasteiger partial charge in [-0.15, -0.1) is 0 Å². The van der Waals surface area contributed by atoms with E-state index in [1.165, 1.54) is 19.3 Å². The van der Waals surface area contributed by atoms with Crippen molar-refractivity contribution in [1.29, 1.82) is 0 Å². The Morgan fingerprint density at radius 1 is 1.38 bits per heavy atom. The molecular weight excluding hydrogens is 200 g/mol. The van der Waals surface area contributed by atoms with Gasteiger partial charge in [-0.3, -0.25) is 10.1 Å². The zero-order valence-corrected chi connectivity index (χ0v) is 11.0. The van der Waals surface area contributed by atoms with E-state index < -0.39 is 0 Å².